The fraction of sp³-hybridized carbons (Fsp3) is 0.571. The average molecular weight is 157 g/mol. The Bertz CT molecular complexity index is 162. The Morgan fingerprint density at radius 2 is 2.60 bits per heavy atom. The SMILES string of the molecule is CCOCCc1nccs1. The lowest BCUT2D eigenvalue weighted by Crippen LogP contribution is -1.96. The molecule has 3 heteroatoms. The Labute approximate surface area is 64.9 Å². The van der Waals surface area contributed by atoms with E-state index < -0.39 is 0 Å². The Hall–Kier alpha value is -0.410. The van der Waals surface area contributed by atoms with Crippen molar-refractivity contribution < 1.29 is 4.74 Å². The molecule has 0 atom stereocenters. The predicted molar refractivity (Wildman–Crippen MR) is 42.3 cm³/mol. The number of rotatable bonds is 4. The van der Waals surface area contributed by atoms with E-state index in [1.54, 1.807) is 11.3 Å². The summed E-state index contributed by atoms with van der Waals surface area (Å²) in [5.41, 5.74) is 0. The second-order valence-corrected chi connectivity index (χ2v) is 2.85. The molecule has 0 aromatic carbocycles. The van der Waals surface area contributed by atoms with Gasteiger partial charge in [-0.15, -0.1) is 11.3 Å². The van der Waals surface area contributed by atoms with Crippen LogP contribution in [0.15, 0.2) is 11.6 Å². The molecule has 10 heavy (non-hydrogen) atoms. The summed E-state index contributed by atoms with van der Waals surface area (Å²) in [4.78, 5) is 4.13. The van der Waals surface area contributed by atoms with Crippen LogP contribution in [0.1, 0.15) is 11.9 Å². The lowest BCUT2D eigenvalue weighted by Gasteiger charge is -1.95. The molecule has 1 rings (SSSR count). The lowest BCUT2D eigenvalue weighted by molar-refractivity contribution is 0.151. The largest absolute Gasteiger partial charge is 0.381 e. The maximum atomic E-state index is 5.17. The summed E-state index contributed by atoms with van der Waals surface area (Å²) in [6.45, 7) is 3.59. The molecular weight excluding hydrogens is 146 g/mol. The van der Waals surface area contributed by atoms with Crippen LogP contribution in [-0.2, 0) is 11.2 Å². The number of hydrogen-bond donors (Lipinski definition) is 0. The van der Waals surface area contributed by atoms with E-state index in [0.29, 0.717) is 0 Å². The fourth-order valence-electron chi connectivity index (χ4n) is 0.680. The van der Waals surface area contributed by atoms with Gasteiger partial charge in [0, 0.05) is 24.6 Å². The molecule has 0 amide bonds. The zero-order valence-electron chi connectivity index (χ0n) is 6.04. The topological polar surface area (TPSA) is 22.1 Å². The first kappa shape index (κ1) is 7.69. The van der Waals surface area contributed by atoms with Gasteiger partial charge in [0.15, 0.2) is 0 Å². The Kier molecular flexibility index (Phi) is 3.40. The van der Waals surface area contributed by atoms with Crippen LogP contribution in [0.5, 0.6) is 0 Å². The Morgan fingerprint density at radius 3 is 3.20 bits per heavy atom. The van der Waals surface area contributed by atoms with Crippen LogP contribution < -0.4 is 0 Å². The van der Waals surface area contributed by atoms with Crippen LogP contribution in [0, 0.1) is 0 Å². The highest BCUT2D eigenvalue weighted by atomic mass is 32.1. The molecule has 1 aromatic rings. The van der Waals surface area contributed by atoms with Gasteiger partial charge in [-0.25, -0.2) is 4.98 Å². The number of nitrogens with zero attached hydrogens (tertiary/aromatic N) is 1. The summed E-state index contributed by atoms with van der Waals surface area (Å²) >= 11 is 1.68. The quantitative estimate of drug-likeness (QED) is 0.621. The summed E-state index contributed by atoms with van der Waals surface area (Å²) < 4.78 is 5.17. The maximum absolute atomic E-state index is 5.17. The second-order valence-electron chi connectivity index (χ2n) is 1.87. The van der Waals surface area contributed by atoms with E-state index in [4.69, 9.17) is 4.74 Å². The molecule has 2 nitrogen and oxygen atoms in total. The van der Waals surface area contributed by atoms with Gasteiger partial charge in [0.2, 0.25) is 0 Å². The van der Waals surface area contributed by atoms with Crippen molar-refractivity contribution >= 4 is 11.3 Å². The van der Waals surface area contributed by atoms with Gasteiger partial charge in [0.1, 0.15) is 0 Å². The average Bonchev–Trinajstić information content (AvgIpc) is 2.41. The lowest BCUT2D eigenvalue weighted by atomic mass is 10.5. The van der Waals surface area contributed by atoms with Gasteiger partial charge in [0.25, 0.3) is 0 Å². The third kappa shape index (κ3) is 2.45. The molecule has 0 aliphatic rings. The molecule has 1 heterocycles. The van der Waals surface area contributed by atoms with Crippen molar-refractivity contribution in [2.45, 2.75) is 13.3 Å². The van der Waals surface area contributed by atoms with E-state index in [2.05, 4.69) is 4.98 Å². The zero-order valence-corrected chi connectivity index (χ0v) is 6.86. The fourth-order valence-corrected chi connectivity index (χ4v) is 1.28. The molecule has 0 spiro atoms. The highest BCUT2D eigenvalue weighted by Gasteiger charge is 1.92. The van der Waals surface area contributed by atoms with E-state index in [-0.39, 0.29) is 0 Å². The number of aromatic nitrogens is 1. The first-order chi connectivity index (χ1) is 4.93. The maximum Gasteiger partial charge on any atom is 0.0947 e. The van der Waals surface area contributed by atoms with Crippen LogP contribution in [-0.4, -0.2) is 18.2 Å². The molecule has 1 aromatic heterocycles. The minimum atomic E-state index is 0.796. The molecule has 0 radical (unpaired) electrons. The highest BCUT2D eigenvalue weighted by Crippen LogP contribution is 2.03. The number of hydrogen-bond acceptors (Lipinski definition) is 3. The Balaban J connectivity index is 2.15. The molecule has 0 N–H and O–H groups in total. The summed E-state index contributed by atoms with van der Waals surface area (Å²) in [5, 5.41) is 3.15. The van der Waals surface area contributed by atoms with E-state index in [1.807, 2.05) is 18.5 Å². The molecule has 56 valence electrons. The zero-order chi connectivity index (χ0) is 7.23. The predicted octanol–water partition coefficient (Wildman–Crippen LogP) is 1.72. The van der Waals surface area contributed by atoms with E-state index in [0.717, 1.165) is 24.6 Å². The minimum Gasteiger partial charge on any atom is -0.381 e. The molecule has 0 unspecified atom stereocenters. The monoisotopic (exact) mass is 157 g/mol. The van der Waals surface area contributed by atoms with Crippen molar-refractivity contribution in [1.29, 1.82) is 0 Å². The van der Waals surface area contributed by atoms with Crippen LogP contribution in [0.25, 0.3) is 0 Å². The molecule has 0 aliphatic heterocycles. The molecule has 0 aliphatic carbocycles. The molecule has 0 bridgehead atoms. The van der Waals surface area contributed by atoms with Gasteiger partial charge < -0.3 is 4.74 Å². The van der Waals surface area contributed by atoms with E-state index in [1.165, 1.54) is 0 Å². The van der Waals surface area contributed by atoms with Crippen molar-refractivity contribution in [3.05, 3.63) is 16.6 Å². The standard InChI is InChI=1S/C7H11NOS/c1-2-9-5-3-7-8-4-6-10-7/h4,6H,2-3,5H2,1H3. The normalized spacial score (nSPS) is 10.1. The van der Waals surface area contributed by atoms with Gasteiger partial charge in [-0.1, -0.05) is 0 Å². The molecule has 0 saturated carbocycles. The summed E-state index contributed by atoms with van der Waals surface area (Å²) in [6, 6.07) is 0. The molecule has 0 saturated heterocycles. The number of thiazole rings is 1. The Morgan fingerprint density at radius 1 is 1.70 bits per heavy atom. The summed E-state index contributed by atoms with van der Waals surface area (Å²) in [5.74, 6) is 0. The summed E-state index contributed by atoms with van der Waals surface area (Å²) in [6.07, 6.45) is 2.78. The van der Waals surface area contributed by atoms with Crippen LogP contribution >= 0.6 is 11.3 Å². The van der Waals surface area contributed by atoms with E-state index >= 15 is 0 Å². The smallest absolute Gasteiger partial charge is 0.0947 e. The van der Waals surface area contributed by atoms with Crippen molar-refractivity contribution in [2.24, 2.45) is 0 Å². The van der Waals surface area contributed by atoms with Crippen LogP contribution in [0.3, 0.4) is 0 Å². The number of ether oxygens (including phenoxy) is 1. The highest BCUT2D eigenvalue weighted by molar-refractivity contribution is 7.09. The second kappa shape index (κ2) is 4.41. The van der Waals surface area contributed by atoms with Gasteiger partial charge in [0.05, 0.1) is 11.6 Å². The first-order valence-electron chi connectivity index (χ1n) is 3.39. The van der Waals surface area contributed by atoms with Gasteiger partial charge >= 0.3 is 0 Å². The van der Waals surface area contributed by atoms with Crippen molar-refractivity contribution in [3.63, 3.8) is 0 Å². The van der Waals surface area contributed by atoms with Crippen molar-refractivity contribution in [3.8, 4) is 0 Å². The molecular formula is C7H11NOS. The summed E-state index contributed by atoms with van der Waals surface area (Å²) in [7, 11) is 0. The third-order valence-corrected chi connectivity index (χ3v) is 1.99. The van der Waals surface area contributed by atoms with Crippen molar-refractivity contribution in [1.82, 2.24) is 4.98 Å². The molecule has 0 fully saturated rings. The van der Waals surface area contributed by atoms with Gasteiger partial charge in [-0.05, 0) is 6.92 Å². The van der Waals surface area contributed by atoms with Gasteiger partial charge in [-0.2, -0.15) is 0 Å². The van der Waals surface area contributed by atoms with Crippen LogP contribution in [0.2, 0.25) is 0 Å². The first-order valence-corrected chi connectivity index (χ1v) is 4.27. The van der Waals surface area contributed by atoms with Crippen LogP contribution in [0.4, 0.5) is 0 Å². The van der Waals surface area contributed by atoms with E-state index in [9.17, 15) is 0 Å². The minimum absolute atomic E-state index is 0.796. The third-order valence-electron chi connectivity index (χ3n) is 1.15. The van der Waals surface area contributed by atoms with Gasteiger partial charge in [-0.3, -0.25) is 0 Å². The van der Waals surface area contributed by atoms with Crippen molar-refractivity contribution in [2.75, 3.05) is 13.2 Å².